The first kappa shape index (κ1) is 9.65. The number of benzene rings is 1. The van der Waals surface area contributed by atoms with Gasteiger partial charge < -0.3 is 0 Å². The summed E-state index contributed by atoms with van der Waals surface area (Å²) in [7, 11) is -3.08. The topological polar surface area (TPSA) is 34.1 Å². The van der Waals surface area contributed by atoms with Crippen LogP contribution in [0, 0.1) is 12.7 Å². The zero-order valence-corrected chi connectivity index (χ0v) is 8.86. The van der Waals surface area contributed by atoms with Crippen LogP contribution < -0.4 is 0 Å². The Balaban J connectivity index is 2.67. The Labute approximate surface area is 82.7 Å². The van der Waals surface area contributed by atoms with Crippen molar-refractivity contribution in [3.05, 3.63) is 34.6 Å². The highest BCUT2D eigenvalue weighted by molar-refractivity contribution is 7.91. The van der Waals surface area contributed by atoms with Crippen molar-refractivity contribution in [2.75, 3.05) is 0 Å². The summed E-state index contributed by atoms with van der Waals surface area (Å²) in [5.74, 6) is -0.353. The Kier molecular flexibility index (Phi) is 1.93. The Morgan fingerprint density at radius 2 is 2.07 bits per heavy atom. The molecule has 76 valence electrons. The van der Waals surface area contributed by atoms with Gasteiger partial charge in [0.1, 0.15) is 5.82 Å². The Morgan fingerprint density at radius 1 is 1.43 bits per heavy atom. The molecular weight excluding hydrogens is 203 g/mol. The van der Waals surface area contributed by atoms with E-state index in [9.17, 15) is 12.8 Å². The average Bonchev–Trinajstić information content (AvgIpc) is 2.28. The lowest BCUT2D eigenvalue weighted by Gasteiger charge is -2.04. The van der Waals surface area contributed by atoms with Gasteiger partial charge in [0.15, 0.2) is 9.84 Å². The maximum atomic E-state index is 13.2. The van der Waals surface area contributed by atoms with E-state index in [1.165, 1.54) is 6.07 Å². The van der Waals surface area contributed by atoms with Crippen molar-refractivity contribution in [1.82, 2.24) is 0 Å². The maximum absolute atomic E-state index is 13.2. The monoisotopic (exact) mass is 214 g/mol. The van der Waals surface area contributed by atoms with Gasteiger partial charge in [0.2, 0.25) is 0 Å². The normalized spacial score (nSPS) is 23.5. The van der Waals surface area contributed by atoms with Crippen molar-refractivity contribution in [1.29, 1.82) is 0 Å². The van der Waals surface area contributed by atoms with E-state index in [-0.39, 0.29) is 11.6 Å². The molecule has 0 fully saturated rings. The fourth-order valence-electron chi connectivity index (χ4n) is 1.78. The third-order valence-corrected chi connectivity index (χ3v) is 4.80. The number of aryl methyl sites for hydroxylation is 1. The molecule has 14 heavy (non-hydrogen) atoms. The van der Waals surface area contributed by atoms with Crippen molar-refractivity contribution >= 4 is 9.84 Å². The standard InChI is InChI=1S/C10H11FO2S/c1-6-3-9-7(2)14(12,13)5-8(9)4-10(6)11/h3-4,7H,5H2,1-2H3/t7-/m1/s1. The lowest BCUT2D eigenvalue weighted by molar-refractivity contribution is 0.590. The quantitative estimate of drug-likeness (QED) is 0.663. The Hall–Kier alpha value is -0.900. The molecule has 0 bridgehead atoms. The Bertz CT molecular complexity index is 491. The minimum atomic E-state index is -3.08. The van der Waals surface area contributed by atoms with Crippen LogP contribution in [0.5, 0.6) is 0 Å². The fraction of sp³-hybridized carbons (Fsp3) is 0.400. The van der Waals surface area contributed by atoms with Crippen molar-refractivity contribution in [3.8, 4) is 0 Å². The van der Waals surface area contributed by atoms with Crippen molar-refractivity contribution < 1.29 is 12.8 Å². The average molecular weight is 214 g/mol. The molecule has 1 aliphatic rings. The van der Waals surface area contributed by atoms with Gasteiger partial charge in [-0.1, -0.05) is 6.07 Å². The van der Waals surface area contributed by atoms with Crippen LogP contribution in [0.2, 0.25) is 0 Å². The molecule has 1 heterocycles. The van der Waals surface area contributed by atoms with Crippen LogP contribution in [0.3, 0.4) is 0 Å². The van der Waals surface area contributed by atoms with E-state index in [1.54, 1.807) is 19.9 Å². The van der Waals surface area contributed by atoms with Crippen molar-refractivity contribution in [2.24, 2.45) is 0 Å². The molecule has 0 radical (unpaired) electrons. The van der Waals surface area contributed by atoms with Gasteiger partial charge in [-0.2, -0.15) is 0 Å². The highest BCUT2D eigenvalue weighted by Crippen LogP contribution is 2.36. The number of hydrogen-bond acceptors (Lipinski definition) is 2. The second-order valence-electron chi connectivity index (χ2n) is 3.75. The van der Waals surface area contributed by atoms with Gasteiger partial charge in [-0.15, -0.1) is 0 Å². The highest BCUT2D eigenvalue weighted by atomic mass is 32.2. The molecular formula is C10H11FO2S. The number of fused-ring (bicyclic) bond motifs is 1. The van der Waals surface area contributed by atoms with Gasteiger partial charge in [-0.3, -0.25) is 0 Å². The number of sulfone groups is 1. The first-order chi connectivity index (χ1) is 6.42. The van der Waals surface area contributed by atoms with E-state index < -0.39 is 15.1 Å². The molecule has 0 aliphatic carbocycles. The molecule has 4 heteroatoms. The molecule has 0 aromatic heterocycles. The molecule has 0 saturated heterocycles. The van der Waals surface area contributed by atoms with Gasteiger partial charge >= 0.3 is 0 Å². The molecule has 2 rings (SSSR count). The third kappa shape index (κ3) is 1.25. The van der Waals surface area contributed by atoms with Gasteiger partial charge in [-0.25, -0.2) is 12.8 Å². The predicted octanol–water partition coefficient (Wildman–Crippen LogP) is 2.12. The van der Waals surface area contributed by atoms with Crippen LogP contribution >= 0.6 is 0 Å². The summed E-state index contributed by atoms with van der Waals surface area (Å²) in [5.41, 5.74) is 1.87. The second kappa shape index (κ2) is 2.79. The second-order valence-corrected chi connectivity index (χ2v) is 6.07. The van der Waals surface area contributed by atoms with E-state index in [4.69, 9.17) is 0 Å². The summed E-state index contributed by atoms with van der Waals surface area (Å²) in [6.45, 7) is 3.30. The molecule has 0 spiro atoms. The van der Waals surface area contributed by atoms with Crippen LogP contribution in [-0.2, 0) is 15.6 Å². The van der Waals surface area contributed by atoms with Crippen LogP contribution in [0.25, 0.3) is 0 Å². The lowest BCUT2D eigenvalue weighted by atomic mass is 10.0. The van der Waals surface area contributed by atoms with Crippen LogP contribution in [0.1, 0.15) is 28.9 Å². The van der Waals surface area contributed by atoms with Gasteiger partial charge in [0.05, 0.1) is 11.0 Å². The third-order valence-electron chi connectivity index (χ3n) is 2.75. The van der Waals surface area contributed by atoms with E-state index in [0.29, 0.717) is 11.1 Å². The highest BCUT2D eigenvalue weighted by Gasteiger charge is 2.33. The molecule has 0 saturated carbocycles. The first-order valence-electron chi connectivity index (χ1n) is 4.42. The van der Waals surface area contributed by atoms with E-state index in [0.717, 1.165) is 5.56 Å². The van der Waals surface area contributed by atoms with Gasteiger partial charge in [0, 0.05) is 0 Å². The predicted molar refractivity (Wildman–Crippen MR) is 52.2 cm³/mol. The molecule has 0 unspecified atom stereocenters. The summed E-state index contributed by atoms with van der Waals surface area (Å²) < 4.78 is 36.2. The summed E-state index contributed by atoms with van der Waals surface area (Å²) in [5, 5.41) is -0.489. The minimum absolute atomic E-state index is 0.0271. The minimum Gasteiger partial charge on any atom is -0.228 e. The van der Waals surface area contributed by atoms with Crippen molar-refractivity contribution in [3.63, 3.8) is 0 Å². The first-order valence-corrected chi connectivity index (χ1v) is 6.14. The molecule has 1 atom stereocenters. The molecule has 1 aromatic rings. The zero-order valence-electron chi connectivity index (χ0n) is 8.04. The molecule has 1 aliphatic heterocycles. The van der Waals surface area contributed by atoms with Crippen molar-refractivity contribution in [2.45, 2.75) is 24.9 Å². The summed E-state index contributed by atoms with van der Waals surface area (Å²) in [6.07, 6.45) is 0. The van der Waals surface area contributed by atoms with Gasteiger partial charge in [-0.05, 0) is 36.6 Å². The fourth-order valence-corrected chi connectivity index (χ4v) is 3.32. The number of rotatable bonds is 0. The smallest absolute Gasteiger partial charge is 0.161 e. The van der Waals surface area contributed by atoms with Crippen LogP contribution in [-0.4, -0.2) is 8.42 Å². The molecule has 1 aromatic carbocycles. The molecule has 2 nitrogen and oxygen atoms in total. The van der Waals surface area contributed by atoms with E-state index >= 15 is 0 Å². The summed E-state index contributed by atoms with van der Waals surface area (Å²) >= 11 is 0. The van der Waals surface area contributed by atoms with Crippen LogP contribution in [0.4, 0.5) is 4.39 Å². The Morgan fingerprint density at radius 3 is 2.71 bits per heavy atom. The molecule has 0 amide bonds. The molecule has 0 N–H and O–H groups in total. The number of hydrogen-bond donors (Lipinski definition) is 0. The summed E-state index contributed by atoms with van der Waals surface area (Å²) in [6, 6.07) is 2.98. The lowest BCUT2D eigenvalue weighted by Crippen LogP contribution is -2.02. The van der Waals surface area contributed by atoms with E-state index in [1.807, 2.05) is 0 Å². The van der Waals surface area contributed by atoms with Gasteiger partial charge in [0.25, 0.3) is 0 Å². The van der Waals surface area contributed by atoms with Crippen LogP contribution in [0.15, 0.2) is 12.1 Å². The maximum Gasteiger partial charge on any atom is 0.161 e. The van der Waals surface area contributed by atoms with E-state index in [2.05, 4.69) is 0 Å². The SMILES string of the molecule is Cc1cc2c(cc1F)CS(=O)(=O)[C@@H]2C. The number of halogens is 1. The summed E-state index contributed by atoms with van der Waals surface area (Å²) in [4.78, 5) is 0. The zero-order chi connectivity index (χ0) is 10.5. The largest absolute Gasteiger partial charge is 0.228 e.